The predicted molar refractivity (Wildman–Crippen MR) is 97.7 cm³/mol. The first-order valence-corrected chi connectivity index (χ1v) is 9.26. The largest absolute Gasteiger partial charge is 0.320 e. The summed E-state index contributed by atoms with van der Waals surface area (Å²) in [6.07, 6.45) is 0. The van der Waals surface area contributed by atoms with Gasteiger partial charge in [-0.15, -0.1) is 22.7 Å². The van der Waals surface area contributed by atoms with Crippen molar-refractivity contribution in [2.75, 3.05) is 0 Å². The van der Waals surface area contributed by atoms with Crippen LogP contribution in [0, 0.1) is 27.7 Å². The van der Waals surface area contributed by atoms with Crippen molar-refractivity contribution in [1.82, 2.24) is 10.6 Å². The van der Waals surface area contributed by atoms with Crippen LogP contribution in [0.2, 0.25) is 0 Å². The number of hydrogen-bond acceptors (Lipinski definition) is 4. The molecule has 4 rings (SSSR count). The summed E-state index contributed by atoms with van der Waals surface area (Å²) in [4.78, 5) is 29.5. The number of carbonyl (C=O) groups is 2. The third-order valence-electron chi connectivity index (χ3n) is 4.22. The average molecular weight is 356 g/mol. The Morgan fingerprint density at radius 1 is 0.708 bits per heavy atom. The Bertz CT molecular complexity index is 909. The number of rotatable bonds is 2. The van der Waals surface area contributed by atoms with Crippen LogP contribution in [0.4, 0.5) is 0 Å². The second kappa shape index (κ2) is 5.16. The summed E-state index contributed by atoms with van der Waals surface area (Å²) in [5.41, 5.74) is 4.39. The van der Waals surface area contributed by atoms with Gasteiger partial charge in [0.05, 0.1) is 32.3 Å². The van der Waals surface area contributed by atoms with Crippen LogP contribution in [0.1, 0.15) is 30.6 Å². The molecule has 0 radical (unpaired) electrons. The number of fused-ring (bicyclic) bond motifs is 1. The van der Waals surface area contributed by atoms with Crippen LogP contribution >= 0.6 is 22.7 Å². The van der Waals surface area contributed by atoms with Crippen molar-refractivity contribution in [3.8, 4) is 0 Å². The summed E-state index contributed by atoms with van der Waals surface area (Å²) in [5, 5.41) is 5.84. The Hall–Kier alpha value is -2.18. The fourth-order valence-electron chi connectivity index (χ4n) is 3.30. The lowest BCUT2D eigenvalue weighted by Gasteiger charge is -2.06. The molecule has 0 fully saturated rings. The molecule has 0 aliphatic carbocycles. The molecule has 0 spiro atoms. The molecule has 2 aliphatic rings. The molecule has 0 aromatic carbocycles. The highest BCUT2D eigenvalue weighted by atomic mass is 32.1. The molecule has 2 aliphatic heterocycles. The first-order chi connectivity index (χ1) is 11.4. The minimum absolute atomic E-state index is 0.204. The zero-order chi connectivity index (χ0) is 17.2. The van der Waals surface area contributed by atoms with Crippen LogP contribution in [0.25, 0.3) is 11.4 Å². The molecule has 24 heavy (non-hydrogen) atoms. The molecule has 122 valence electrons. The second-order valence-electron chi connectivity index (χ2n) is 6.15. The quantitative estimate of drug-likeness (QED) is 0.866. The van der Waals surface area contributed by atoms with Crippen molar-refractivity contribution in [3.63, 3.8) is 0 Å². The number of aryl methyl sites for hydroxylation is 4. The van der Waals surface area contributed by atoms with Gasteiger partial charge in [0, 0.05) is 9.75 Å². The molecule has 6 heteroatoms. The van der Waals surface area contributed by atoms with Crippen molar-refractivity contribution in [1.29, 1.82) is 0 Å². The molecule has 0 saturated heterocycles. The molecule has 2 N–H and O–H groups in total. The Labute approximate surface area is 147 Å². The molecule has 4 heterocycles. The number of amides is 2. The van der Waals surface area contributed by atoms with Gasteiger partial charge in [-0.05, 0) is 51.0 Å². The molecular weight excluding hydrogens is 340 g/mol. The lowest BCUT2D eigenvalue weighted by Crippen LogP contribution is -2.21. The fraction of sp³-hybridized carbons (Fsp3) is 0.222. The molecular formula is C18H16N2O2S2. The van der Waals surface area contributed by atoms with Crippen LogP contribution in [0.5, 0.6) is 0 Å². The van der Waals surface area contributed by atoms with Crippen molar-refractivity contribution in [2.45, 2.75) is 27.7 Å². The van der Waals surface area contributed by atoms with E-state index in [0.717, 1.165) is 30.6 Å². The maximum atomic E-state index is 12.6. The van der Waals surface area contributed by atoms with Crippen molar-refractivity contribution in [3.05, 3.63) is 53.9 Å². The van der Waals surface area contributed by atoms with Crippen LogP contribution in [-0.2, 0) is 9.59 Å². The zero-order valence-corrected chi connectivity index (χ0v) is 15.4. The summed E-state index contributed by atoms with van der Waals surface area (Å²) >= 11 is 3.19. The van der Waals surface area contributed by atoms with Gasteiger partial charge in [0.2, 0.25) is 0 Å². The first-order valence-electron chi connectivity index (χ1n) is 7.63. The molecule has 0 unspecified atom stereocenters. The van der Waals surface area contributed by atoms with E-state index in [1.165, 1.54) is 0 Å². The average Bonchev–Trinajstić information content (AvgIpc) is 3.19. The maximum absolute atomic E-state index is 12.6. The van der Waals surface area contributed by atoms with E-state index in [9.17, 15) is 9.59 Å². The minimum Gasteiger partial charge on any atom is -0.320 e. The van der Waals surface area contributed by atoms with Gasteiger partial charge in [0.1, 0.15) is 0 Å². The van der Waals surface area contributed by atoms with Gasteiger partial charge in [-0.3, -0.25) is 9.59 Å². The SMILES string of the molecule is Cc1cc(C)c(C2=C3C(=O)NC(c4sc(C)cc4C)=C3C(=O)N2)s1. The number of hydrogen-bond donors (Lipinski definition) is 2. The lowest BCUT2D eigenvalue weighted by atomic mass is 10.1. The normalized spacial score (nSPS) is 16.8. The van der Waals surface area contributed by atoms with Crippen LogP contribution in [0.15, 0.2) is 23.3 Å². The van der Waals surface area contributed by atoms with Gasteiger partial charge in [-0.25, -0.2) is 0 Å². The molecule has 0 atom stereocenters. The van der Waals surface area contributed by atoms with Crippen molar-refractivity contribution < 1.29 is 9.59 Å². The van der Waals surface area contributed by atoms with Crippen molar-refractivity contribution in [2.24, 2.45) is 0 Å². The number of thiophene rings is 2. The topological polar surface area (TPSA) is 58.2 Å². The van der Waals surface area contributed by atoms with E-state index in [4.69, 9.17) is 0 Å². The minimum atomic E-state index is -0.204. The summed E-state index contributed by atoms with van der Waals surface area (Å²) in [5.74, 6) is -0.409. The number of carbonyl (C=O) groups excluding carboxylic acids is 2. The zero-order valence-electron chi connectivity index (χ0n) is 13.8. The molecule has 2 amide bonds. The Kier molecular flexibility index (Phi) is 3.30. The first kappa shape index (κ1) is 15.4. The van der Waals surface area contributed by atoms with E-state index < -0.39 is 0 Å². The monoisotopic (exact) mass is 356 g/mol. The Balaban J connectivity index is 1.95. The smallest absolute Gasteiger partial charge is 0.258 e. The summed E-state index contributed by atoms with van der Waals surface area (Å²) < 4.78 is 0. The van der Waals surface area contributed by atoms with Gasteiger partial charge in [0.15, 0.2) is 0 Å². The summed E-state index contributed by atoms with van der Waals surface area (Å²) in [7, 11) is 0. The van der Waals surface area contributed by atoms with E-state index in [2.05, 4.69) is 22.8 Å². The third-order valence-corrected chi connectivity index (χ3v) is 6.56. The van der Waals surface area contributed by atoms with Gasteiger partial charge >= 0.3 is 0 Å². The Morgan fingerprint density at radius 3 is 1.38 bits per heavy atom. The molecule has 0 saturated carbocycles. The molecule has 2 aromatic heterocycles. The number of nitrogens with one attached hydrogen (secondary N) is 2. The molecule has 2 aromatic rings. The predicted octanol–water partition coefficient (Wildman–Crippen LogP) is 3.43. The molecule has 0 bridgehead atoms. The summed E-state index contributed by atoms with van der Waals surface area (Å²) in [6.45, 7) is 8.05. The van der Waals surface area contributed by atoms with Gasteiger partial charge in [-0.2, -0.15) is 0 Å². The second-order valence-corrected chi connectivity index (χ2v) is 8.66. The van der Waals surface area contributed by atoms with E-state index in [1.807, 2.05) is 27.7 Å². The standard InChI is InChI=1S/C18H16N2O2S2/c1-7-5-9(3)23-15(7)13-11-12(18(22)19-13)14(20-17(11)21)16-8(2)6-10(4)24-16/h5-6H,1-4H3,(H,19,22)(H,20,21). The molecule has 4 nitrogen and oxygen atoms in total. The third kappa shape index (κ3) is 2.10. The van der Waals surface area contributed by atoms with Crippen LogP contribution < -0.4 is 10.6 Å². The Morgan fingerprint density at radius 2 is 1.08 bits per heavy atom. The lowest BCUT2D eigenvalue weighted by molar-refractivity contribution is -0.117. The van der Waals surface area contributed by atoms with E-state index in [0.29, 0.717) is 22.5 Å². The van der Waals surface area contributed by atoms with Gasteiger partial charge in [0.25, 0.3) is 11.8 Å². The van der Waals surface area contributed by atoms with Crippen LogP contribution in [0.3, 0.4) is 0 Å². The van der Waals surface area contributed by atoms with E-state index in [1.54, 1.807) is 22.7 Å². The highest BCUT2D eigenvalue weighted by molar-refractivity contribution is 7.13. The highest BCUT2D eigenvalue weighted by Crippen LogP contribution is 2.42. The van der Waals surface area contributed by atoms with Gasteiger partial charge < -0.3 is 10.6 Å². The van der Waals surface area contributed by atoms with Crippen LogP contribution in [-0.4, -0.2) is 11.8 Å². The van der Waals surface area contributed by atoms with E-state index in [-0.39, 0.29) is 11.8 Å². The van der Waals surface area contributed by atoms with Gasteiger partial charge in [-0.1, -0.05) is 0 Å². The van der Waals surface area contributed by atoms with E-state index >= 15 is 0 Å². The summed E-state index contributed by atoms with van der Waals surface area (Å²) in [6, 6.07) is 4.14. The highest BCUT2D eigenvalue weighted by Gasteiger charge is 2.42. The fourth-order valence-corrected chi connectivity index (χ4v) is 5.37. The maximum Gasteiger partial charge on any atom is 0.258 e. The van der Waals surface area contributed by atoms with Crippen molar-refractivity contribution >= 4 is 45.9 Å².